The summed E-state index contributed by atoms with van der Waals surface area (Å²) in [7, 11) is 0. The standard InChI is InChI=1S/C15H16ClNS/c1-2-17-15(13-7-8-14(16)18-13)12-9-10-5-3-4-6-11(10)12/h3-8,12,15,17H,2,9H2,1H3. The van der Waals surface area contributed by atoms with Crippen molar-refractivity contribution in [2.75, 3.05) is 6.54 Å². The molecule has 1 aromatic heterocycles. The minimum atomic E-state index is 0.405. The van der Waals surface area contributed by atoms with Gasteiger partial charge in [0.25, 0.3) is 0 Å². The highest BCUT2D eigenvalue weighted by Gasteiger charge is 2.33. The number of hydrogen-bond acceptors (Lipinski definition) is 2. The lowest BCUT2D eigenvalue weighted by molar-refractivity contribution is 0.425. The molecule has 0 bridgehead atoms. The predicted molar refractivity (Wildman–Crippen MR) is 78.6 cm³/mol. The van der Waals surface area contributed by atoms with Gasteiger partial charge < -0.3 is 5.32 Å². The molecule has 1 aliphatic carbocycles. The Morgan fingerprint density at radius 3 is 2.83 bits per heavy atom. The van der Waals surface area contributed by atoms with Gasteiger partial charge in [-0.1, -0.05) is 42.8 Å². The Morgan fingerprint density at radius 2 is 2.17 bits per heavy atom. The van der Waals surface area contributed by atoms with Gasteiger partial charge in [0.1, 0.15) is 0 Å². The molecule has 1 N–H and O–H groups in total. The van der Waals surface area contributed by atoms with Gasteiger partial charge >= 0.3 is 0 Å². The molecule has 0 fully saturated rings. The molecule has 2 unspecified atom stereocenters. The van der Waals surface area contributed by atoms with Crippen molar-refractivity contribution in [1.29, 1.82) is 0 Å². The zero-order valence-corrected chi connectivity index (χ0v) is 11.9. The summed E-state index contributed by atoms with van der Waals surface area (Å²) in [5.74, 6) is 0.593. The van der Waals surface area contributed by atoms with E-state index < -0.39 is 0 Å². The van der Waals surface area contributed by atoms with Crippen molar-refractivity contribution >= 4 is 22.9 Å². The number of hydrogen-bond donors (Lipinski definition) is 1. The Labute approximate surface area is 117 Å². The lowest BCUT2D eigenvalue weighted by Crippen LogP contribution is -2.32. The molecule has 0 radical (unpaired) electrons. The van der Waals surface area contributed by atoms with Crippen LogP contribution in [-0.4, -0.2) is 6.54 Å². The number of rotatable bonds is 4. The van der Waals surface area contributed by atoms with Crippen LogP contribution in [0.1, 0.15) is 34.9 Å². The smallest absolute Gasteiger partial charge is 0.0931 e. The van der Waals surface area contributed by atoms with Gasteiger partial charge in [0.2, 0.25) is 0 Å². The van der Waals surface area contributed by atoms with Gasteiger partial charge in [-0.2, -0.15) is 0 Å². The summed E-state index contributed by atoms with van der Waals surface area (Å²) < 4.78 is 0.875. The number of likely N-dealkylation sites (N-methyl/N-ethyl adjacent to an activating group) is 1. The molecular formula is C15H16ClNS. The van der Waals surface area contributed by atoms with E-state index in [9.17, 15) is 0 Å². The Morgan fingerprint density at radius 1 is 1.33 bits per heavy atom. The quantitative estimate of drug-likeness (QED) is 0.874. The summed E-state index contributed by atoms with van der Waals surface area (Å²) >= 11 is 7.75. The first kappa shape index (κ1) is 12.2. The van der Waals surface area contributed by atoms with Gasteiger partial charge in [-0.25, -0.2) is 0 Å². The molecule has 0 aliphatic heterocycles. The Hall–Kier alpha value is -0.830. The summed E-state index contributed by atoms with van der Waals surface area (Å²) in [6, 6.07) is 13.3. The molecular weight excluding hydrogens is 262 g/mol. The van der Waals surface area contributed by atoms with Crippen molar-refractivity contribution in [1.82, 2.24) is 5.32 Å². The van der Waals surface area contributed by atoms with Crippen LogP contribution in [0.5, 0.6) is 0 Å². The molecule has 1 aromatic carbocycles. The maximum Gasteiger partial charge on any atom is 0.0931 e. The van der Waals surface area contributed by atoms with E-state index in [0.717, 1.165) is 10.9 Å². The molecule has 94 valence electrons. The highest BCUT2D eigenvalue weighted by molar-refractivity contribution is 7.16. The molecule has 2 atom stereocenters. The monoisotopic (exact) mass is 277 g/mol. The Kier molecular flexibility index (Phi) is 3.42. The van der Waals surface area contributed by atoms with Crippen LogP contribution in [0.3, 0.4) is 0 Å². The van der Waals surface area contributed by atoms with E-state index in [1.165, 1.54) is 22.4 Å². The largest absolute Gasteiger partial charge is 0.309 e. The molecule has 0 spiro atoms. The summed E-state index contributed by atoms with van der Waals surface area (Å²) in [4.78, 5) is 1.35. The molecule has 1 nitrogen and oxygen atoms in total. The van der Waals surface area contributed by atoms with Gasteiger partial charge in [-0.15, -0.1) is 11.3 Å². The summed E-state index contributed by atoms with van der Waals surface area (Å²) in [5.41, 5.74) is 2.99. The van der Waals surface area contributed by atoms with Crippen molar-refractivity contribution in [2.24, 2.45) is 0 Å². The number of nitrogens with one attached hydrogen (secondary N) is 1. The molecule has 2 aromatic rings. The van der Waals surface area contributed by atoms with Gasteiger partial charge in [-0.05, 0) is 36.2 Å². The lowest BCUT2D eigenvalue weighted by Gasteiger charge is -2.36. The van der Waals surface area contributed by atoms with E-state index in [-0.39, 0.29) is 0 Å². The molecule has 1 aliphatic rings. The number of fused-ring (bicyclic) bond motifs is 1. The van der Waals surface area contributed by atoms with E-state index in [1.54, 1.807) is 11.3 Å². The highest BCUT2D eigenvalue weighted by atomic mass is 35.5. The Balaban J connectivity index is 1.89. The van der Waals surface area contributed by atoms with Crippen LogP contribution in [0.15, 0.2) is 36.4 Å². The van der Waals surface area contributed by atoms with Crippen LogP contribution in [0.2, 0.25) is 4.34 Å². The minimum Gasteiger partial charge on any atom is -0.309 e. The first-order valence-electron chi connectivity index (χ1n) is 6.36. The average molecular weight is 278 g/mol. The van der Waals surface area contributed by atoms with Gasteiger partial charge in [0.05, 0.1) is 4.34 Å². The van der Waals surface area contributed by atoms with Crippen LogP contribution in [-0.2, 0) is 6.42 Å². The van der Waals surface area contributed by atoms with E-state index in [0.29, 0.717) is 12.0 Å². The number of halogens is 1. The average Bonchev–Trinajstić information content (AvgIpc) is 2.76. The first-order valence-corrected chi connectivity index (χ1v) is 7.55. The molecule has 0 saturated heterocycles. The molecule has 1 heterocycles. The zero-order valence-electron chi connectivity index (χ0n) is 10.3. The van der Waals surface area contributed by atoms with E-state index in [1.807, 2.05) is 6.07 Å². The number of thiophene rings is 1. The highest BCUT2D eigenvalue weighted by Crippen LogP contribution is 2.45. The van der Waals surface area contributed by atoms with Gasteiger partial charge in [-0.3, -0.25) is 0 Å². The maximum absolute atomic E-state index is 6.06. The topological polar surface area (TPSA) is 12.0 Å². The Bertz CT molecular complexity index is 549. The van der Waals surface area contributed by atoms with E-state index >= 15 is 0 Å². The lowest BCUT2D eigenvalue weighted by atomic mass is 9.73. The normalized spacial score (nSPS) is 19.1. The van der Waals surface area contributed by atoms with Crippen LogP contribution in [0, 0.1) is 0 Å². The fourth-order valence-corrected chi connectivity index (χ4v) is 3.95. The second-order valence-electron chi connectivity index (χ2n) is 4.69. The summed E-state index contributed by atoms with van der Waals surface area (Å²) in [5, 5.41) is 3.61. The third-order valence-corrected chi connectivity index (χ3v) is 4.94. The molecule has 18 heavy (non-hydrogen) atoms. The third kappa shape index (κ3) is 2.09. The van der Waals surface area contributed by atoms with Crippen molar-refractivity contribution < 1.29 is 0 Å². The predicted octanol–water partition coefficient (Wildman–Crippen LogP) is 4.39. The molecule has 0 amide bonds. The second kappa shape index (κ2) is 5.04. The van der Waals surface area contributed by atoms with Crippen LogP contribution in [0.4, 0.5) is 0 Å². The van der Waals surface area contributed by atoms with Crippen molar-refractivity contribution in [3.8, 4) is 0 Å². The molecule has 3 rings (SSSR count). The third-order valence-electron chi connectivity index (χ3n) is 3.62. The minimum absolute atomic E-state index is 0.405. The van der Waals surface area contributed by atoms with E-state index in [2.05, 4.69) is 42.6 Å². The van der Waals surface area contributed by atoms with Crippen LogP contribution >= 0.6 is 22.9 Å². The zero-order chi connectivity index (χ0) is 12.5. The molecule has 3 heteroatoms. The number of benzene rings is 1. The first-order chi connectivity index (χ1) is 8.79. The van der Waals surface area contributed by atoms with Crippen LogP contribution in [0.25, 0.3) is 0 Å². The summed E-state index contributed by atoms with van der Waals surface area (Å²) in [6.45, 7) is 3.14. The second-order valence-corrected chi connectivity index (χ2v) is 6.43. The maximum atomic E-state index is 6.06. The summed E-state index contributed by atoms with van der Waals surface area (Å²) in [6.07, 6.45) is 1.17. The van der Waals surface area contributed by atoms with E-state index in [4.69, 9.17) is 11.6 Å². The van der Waals surface area contributed by atoms with Gasteiger partial charge in [0.15, 0.2) is 0 Å². The SMILES string of the molecule is CCNC(c1ccc(Cl)s1)C1Cc2ccccc21. The van der Waals surface area contributed by atoms with Crippen molar-refractivity contribution in [3.05, 3.63) is 56.7 Å². The van der Waals surface area contributed by atoms with Crippen molar-refractivity contribution in [3.63, 3.8) is 0 Å². The van der Waals surface area contributed by atoms with Gasteiger partial charge in [0, 0.05) is 16.8 Å². The fraction of sp³-hybridized carbons (Fsp3) is 0.333. The molecule has 0 saturated carbocycles. The van der Waals surface area contributed by atoms with Crippen molar-refractivity contribution in [2.45, 2.75) is 25.3 Å². The fourth-order valence-electron chi connectivity index (χ4n) is 2.75. The van der Waals surface area contributed by atoms with Crippen LogP contribution < -0.4 is 5.32 Å².